The number of carboxylic acids is 3. The summed E-state index contributed by atoms with van der Waals surface area (Å²) in [6, 6.07) is 0. The zero-order chi connectivity index (χ0) is 15.5. The van der Waals surface area contributed by atoms with Crippen molar-refractivity contribution in [2.24, 2.45) is 0 Å². The molecule has 0 aromatic carbocycles. The summed E-state index contributed by atoms with van der Waals surface area (Å²) in [6.07, 6.45) is -10.0. The molecule has 0 radical (unpaired) electrons. The van der Waals surface area contributed by atoms with E-state index < -0.39 is 37.2 Å². The molecule has 0 aliphatic heterocycles. The fourth-order valence-electron chi connectivity index (χ4n) is 0. The summed E-state index contributed by atoms with van der Waals surface area (Å²) >= 11 is 0. The van der Waals surface area contributed by atoms with E-state index in [0.717, 1.165) is 0 Å². The van der Waals surface area contributed by atoms with E-state index in [1.165, 1.54) is 0 Å². The van der Waals surface area contributed by atoms with Gasteiger partial charge in [-0.2, -0.15) is 0 Å². The van der Waals surface area contributed by atoms with Gasteiger partial charge in [0.1, 0.15) is 17.9 Å². The van der Waals surface area contributed by atoms with E-state index in [9.17, 15) is 26.3 Å². The van der Waals surface area contributed by atoms with Crippen LogP contribution in [0.2, 0.25) is 0 Å². The zero-order valence-corrected chi connectivity index (χ0v) is 9.92. The van der Waals surface area contributed by atoms with Gasteiger partial charge in [-0.15, -0.1) is 0 Å². The first-order chi connectivity index (χ1) is 7.93. The van der Waals surface area contributed by atoms with Crippen LogP contribution in [0.3, 0.4) is 0 Å². The van der Waals surface area contributed by atoms with Crippen LogP contribution in [-0.4, -0.2) is 37.2 Å². The second-order valence-electron chi connectivity index (χ2n) is 1.86. The molecule has 0 aliphatic rings. The number of hydrogen-bond acceptors (Lipinski definition) is 6. The van der Waals surface area contributed by atoms with Gasteiger partial charge < -0.3 is 29.7 Å². The summed E-state index contributed by atoms with van der Waals surface area (Å²) in [5, 5.41) is 26.5. The molecule has 0 aliphatic carbocycles. The minimum atomic E-state index is -3.34. The molecule has 0 unspecified atom stereocenters. The Hall–Kier alpha value is -1.39. The third kappa shape index (κ3) is 31.5. The molecule has 0 aromatic heterocycles. The van der Waals surface area contributed by atoms with Crippen LogP contribution in [0.15, 0.2) is 0 Å². The Morgan fingerprint density at radius 1 is 0.579 bits per heavy atom. The maximum atomic E-state index is 10.5. The van der Waals surface area contributed by atoms with Crippen molar-refractivity contribution in [3.8, 4) is 0 Å². The van der Waals surface area contributed by atoms with Gasteiger partial charge in [-0.1, -0.05) is 0 Å². The summed E-state index contributed by atoms with van der Waals surface area (Å²) in [5.74, 6) is -6.97. The fraction of sp³-hybridized carbons (Fsp3) is 0.500. The van der Waals surface area contributed by atoms with Crippen LogP contribution < -0.4 is 15.3 Å². The van der Waals surface area contributed by atoms with Crippen molar-refractivity contribution in [3.05, 3.63) is 0 Å². The summed E-state index contributed by atoms with van der Waals surface area (Å²) in [7, 11) is 0. The molecule has 0 saturated carbocycles. The minimum Gasteiger partial charge on any atom is -0.544 e. The normalized spacial score (nSPS) is 8.68. The molecule has 19 heavy (non-hydrogen) atoms. The number of alkyl halides is 6. The number of hydrogen-bond donors (Lipinski definition) is 0. The van der Waals surface area contributed by atoms with Crippen LogP contribution in [0.25, 0.3) is 0 Å². The molecule has 0 heterocycles. The number of carboxylic acid groups (broad SMARTS) is 3. The molecule has 0 atom stereocenters. The Kier molecular flexibility index (Phi) is 20.3. The first kappa shape index (κ1) is 26.2. The fourth-order valence-corrected chi connectivity index (χ4v) is 0. The van der Waals surface area contributed by atoms with Crippen LogP contribution in [-0.2, 0) is 33.9 Å². The zero-order valence-electron chi connectivity index (χ0n) is 8.28. The predicted molar refractivity (Wildman–Crippen MR) is 33.0 cm³/mol. The maximum absolute atomic E-state index is 10.5. The van der Waals surface area contributed by atoms with Crippen molar-refractivity contribution < 1.29 is 75.5 Å². The van der Waals surface area contributed by atoms with Gasteiger partial charge in [-0.3, -0.25) is 0 Å². The maximum Gasteiger partial charge on any atom is 3.00 e. The monoisotopic (exact) mass is 388 g/mol. The standard InChI is InChI=1S/3C2H2F2O2.Rh/c3*3-1(4)2(5)6;/h3*1H,(H,5,6);/q;;;+3/p-3. The van der Waals surface area contributed by atoms with Crippen molar-refractivity contribution in [2.75, 3.05) is 0 Å². The van der Waals surface area contributed by atoms with Gasteiger partial charge in [-0.25, -0.2) is 26.3 Å². The van der Waals surface area contributed by atoms with E-state index in [1.807, 2.05) is 0 Å². The molecule has 13 heteroatoms. The van der Waals surface area contributed by atoms with Gasteiger partial charge in [0.2, 0.25) is 0 Å². The Balaban J connectivity index is -0.0000000865. The summed E-state index contributed by atoms with van der Waals surface area (Å²) in [6.45, 7) is 0. The largest absolute Gasteiger partial charge is 3.00 e. The molecule has 0 fully saturated rings. The summed E-state index contributed by atoms with van der Waals surface area (Å²) in [5.41, 5.74) is 0. The van der Waals surface area contributed by atoms with Crippen LogP contribution in [0.1, 0.15) is 0 Å². The Labute approximate surface area is 113 Å². The quantitative estimate of drug-likeness (QED) is 0.376. The number of carbonyl (C=O) groups is 3. The molecule has 114 valence electrons. The molecule has 0 amide bonds. The Morgan fingerprint density at radius 2 is 0.632 bits per heavy atom. The molecule has 0 rings (SSSR count). The van der Waals surface area contributed by atoms with Gasteiger partial charge in [0.25, 0.3) is 19.3 Å². The predicted octanol–water partition coefficient (Wildman–Crippen LogP) is -3.00. The van der Waals surface area contributed by atoms with E-state index >= 15 is 0 Å². The van der Waals surface area contributed by atoms with Crippen molar-refractivity contribution in [1.82, 2.24) is 0 Å². The van der Waals surface area contributed by atoms with Crippen LogP contribution in [0.5, 0.6) is 0 Å². The van der Waals surface area contributed by atoms with E-state index in [4.69, 9.17) is 29.7 Å². The number of carbonyl (C=O) groups excluding carboxylic acids is 3. The van der Waals surface area contributed by atoms with Gasteiger partial charge in [-0.05, 0) is 0 Å². The third-order valence-electron chi connectivity index (χ3n) is 0.535. The number of halogens is 6. The van der Waals surface area contributed by atoms with Gasteiger partial charge in [0.05, 0.1) is 0 Å². The smallest absolute Gasteiger partial charge is 0.544 e. The van der Waals surface area contributed by atoms with Gasteiger partial charge in [0, 0.05) is 0 Å². The topological polar surface area (TPSA) is 120 Å². The first-order valence-electron chi connectivity index (χ1n) is 3.40. The molecule has 0 bridgehead atoms. The van der Waals surface area contributed by atoms with Crippen LogP contribution >= 0.6 is 0 Å². The molecule has 0 N–H and O–H groups in total. The van der Waals surface area contributed by atoms with Crippen LogP contribution in [0.4, 0.5) is 26.3 Å². The number of rotatable bonds is 3. The van der Waals surface area contributed by atoms with E-state index in [1.54, 1.807) is 0 Å². The summed E-state index contributed by atoms with van der Waals surface area (Å²) < 4.78 is 63.0. The second kappa shape index (κ2) is 14.7. The molecule has 6 nitrogen and oxygen atoms in total. The van der Waals surface area contributed by atoms with Crippen molar-refractivity contribution in [3.63, 3.8) is 0 Å². The second-order valence-corrected chi connectivity index (χ2v) is 1.86. The molecule has 0 saturated heterocycles. The van der Waals surface area contributed by atoms with Gasteiger partial charge >= 0.3 is 19.5 Å². The minimum absolute atomic E-state index is 0. The van der Waals surface area contributed by atoms with E-state index in [2.05, 4.69) is 0 Å². The Bertz CT molecular complexity index is 230. The van der Waals surface area contributed by atoms with Crippen molar-refractivity contribution in [2.45, 2.75) is 19.3 Å². The van der Waals surface area contributed by atoms with Crippen molar-refractivity contribution in [1.29, 1.82) is 0 Å². The third-order valence-corrected chi connectivity index (χ3v) is 0.535. The average Bonchev–Trinajstić information content (AvgIpc) is 2.18. The van der Waals surface area contributed by atoms with Crippen LogP contribution in [0, 0.1) is 0 Å². The van der Waals surface area contributed by atoms with Gasteiger partial charge in [0.15, 0.2) is 0 Å². The van der Waals surface area contributed by atoms with E-state index in [-0.39, 0.29) is 19.5 Å². The SMILES string of the molecule is O=C([O-])C(F)F.O=C([O-])C(F)F.O=C([O-])C(F)F.[Rh+3]. The summed E-state index contributed by atoms with van der Waals surface area (Å²) in [4.78, 5) is 26.5. The van der Waals surface area contributed by atoms with E-state index in [0.29, 0.717) is 0 Å². The first-order valence-corrected chi connectivity index (χ1v) is 3.40. The molecule has 0 spiro atoms. The molecule has 0 aromatic rings. The number of aliphatic carboxylic acids is 3. The molecular formula is C6H3F6O6Rh. The van der Waals surface area contributed by atoms with Crippen molar-refractivity contribution >= 4 is 17.9 Å². The Morgan fingerprint density at radius 3 is 0.632 bits per heavy atom. The average molecular weight is 388 g/mol. The molecular weight excluding hydrogens is 385 g/mol.